The molecule has 1 fully saturated rings. The molecule has 0 aromatic heterocycles. The Balaban J connectivity index is 1.94. The Morgan fingerprint density at radius 2 is 1.72 bits per heavy atom. The molecule has 0 bridgehead atoms. The van der Waals surface area contributed by atoms with E-state index in [9.17, 15) is 0 Å². The van der Waals surface area contributed by atoms with E-state index in [1.165, 1.54) is 30.4 Å². The van der Waals surface area contributed by atoms with E-state index in [1.54, 1.807) is 0 Å². The second-order valence-corrected chi connectivity index (χ2v) is 5.85. The van der Waals surface area contributed by atoms with Crippen LogP contribution < -0.4 is 11.5 Å². The number of nitrogens with two attached hydrogens (primary N) is 2. The lowest BCUT2D eigenvalue weighted by Crippen LogP contribution is -2.51. The van der Waals surface area contributed by atoms with Gasteiger partial charge in [-0.2, -0.15) is 0 Å². The summed E-state index contributed by atoms with van der Waals surface area (Å²) < 4.78 is 0. The molecule has 2 rings (SSSR count). The van der Waals surface area contributed by atoms with Gasteiger partial charge < -0.3 is 11.5 Å². The molecule has 0 atom stereocenters. The topological polar surface area (TPSA) is 52.0 Å². The summed E-state index contributed by atoms with van der Waals surface area (Å²) in [7, 11) is 0. The first-order chi connectivity index (χ1) is 8.61. The molecular formula is C16H26N2. The van der Waals surface area contributed by atoms with Gasteiger partial charge >= 0.3 is 0 Å². The van der Waals surface area contributed by atoms with Crippen molar-refractivity contribution in [2.45, 2.75) is 63.5 Å². The molecule has 1 saturated carbocycles. The fourth-order valence-electron chi connectivity index (χ4n) is 2.83. The van der Waals surface area contributed by atoms with E-state index in [2.05, 4.69) is 31.2 Å². The van der Waals surface area contributed by atoms with Crippen molar-refractivity contribution in [3.8, 4) is 0 Å². The Hall–Kier alpha value is -0.860. The summed E-state index contributed by atoms with van der Waals surface area (Å²) >= 11 is 0. The molecule has 2 nitrogen and oxygen atoms in total. The summed E-state index contributed by atoms with van der Waals surface area (Å²) in [4.78, 5) is 0. The van der Waals surface area contributed by atoms with Gasteiger partial charge in [0.05, 0.1) is 5.66 Å². The molecule has 1 aliphatic rings. The van der Waals surface area contributed by atoms with Gasteiger partial charge in [-0.1, -0.05) is 37.6 Å². The summed E-state index contributed by atoms with van der Waals surface area (Å²) in [5.74, 6) is 0.658. The van der Waals surface area contributed by atoms with Crippen LogP contribution in [0.15, 0.2) is 24.3 Å². The van der Waals surface area contributed by atoms with E-state index >= 15 is 0 Å². The summed E-state index contributed by atoms with van der Waals surface area (Å²) in [5, 5.41) is 0. The maximum atomic E-state index is 5.97. The van der Waals surface area contributed by atoms with Gasteiger partial charge in [-0.05, 0) is 55.6 Å². The third-order valence-corrected chi connectivity index (χ3v) is 4.19. The SMILES string of the molecule is CCCCc1ccc(C2CCC(N)(N)CC2)cc1. The zero-order valence-corrected chi connectivity index (χ0v) is 11.5. The number of hydrogen-bond acceptors (Lipinski definition) is 2. The maximum Gasteiger partial charge on any atom is 0.0637 e. The van der Waals surface area contributed by atoms with Crippen molar-refractivity contribution >= 4 is 0 Å². The minimum absolute atomic E-state index is 0.419. The van der Waals surface area contributed by atoms with Crippen LogP contribution >= 0.6 is 0 Å². The monoisotopic (exact) mass is 246 g/mol. The van der Waals surface area contributed by atoms with Gasteiger partial charge in [0, 0.05) is 0 Å². The van der Waals surface area contributed by atoms with Crippen molar-refractivity contribution in [2.75, 3.05) is 0 Å². The highest BCUT2D eigenvalue weighted by atomic mass is 15.0. The first kappa shape index (κ1) is 13.6. The van der Waals surface area contributed by atoms with Gasteiger partial charge in [0.25, 0.3) is 0 Å². The average Bonchev–Trinajstić information content (AvgIpc) is 2.37. The third kappa shape index (κ3) is 3.56. The highest BCUT2D eigenvalue weighted by molar-refractivity contribution is 5.26. The second-order valence-electron chi connectivity index (χ2n) is 5.85. The van der Waals surface area contributed by atoms with E-state index in [4.69, 9.17) is 11.5 Å². The molecule has 1 aliphatic carbocycles. The summed E-state index contributed by atoms with van der Waals surface area (Å²) in [6, 6.07) is 9.18. The molecule has 0 saturated heterocycles. The van der Waals surface area contributed by atoms with Crippen LogP contribution in [0.3, 0.4) is 0 Å². The van der Waals surface area contributed by atoms with Gasteiger partial charge in [-0.25, -0.2) is 0 Å². The van der Waals surface area contributed by atoms with Crippen LogP contribution in [0, 0.1) is 0 Å². The molecule has 1 aromatic carbocycles. The largest absolute Gasteiger partial charge is 0.313 e. The van der Waals surface area contributed by atoms with Crippen LogP contribution in [0.5, 0.6) is 0 Å². The molecule has 0 aliphatic heterocycles. The van der Waals surface area contributed by atoms with Crippen molar-refractivity contribution in [1.29, 1.82) is 0 Å². The Morgan fingerprint density at radius 1 is 1.11 bits per heavy atom. The average molecular weight is 246 g/mol. The predicted octanol–water partition coefficient (Wildman–Crippen LogP) is 3.30. The smallest absolute Gasteiger partial charge is 0.0637 e. The summed E-state index contributed by atoms with van der Waals surface area (Å²) in [6.07, 6.45) is 7.88. The van der Waals surface area contributed by atoms with Crippen LogP contribution in [0.1, 0.15) is 62.5 Å². The zero-order valence-electron chi connectivity index (χ0n) is 11.5. The third-order valence-electron chi connectivity index (χ3n) is 4.19. The van der Waals surface area contributed by atoms with Crippen LogP contribution in [-0.4, -0.2) is 5.66 Å². The van der Waals surface area contributed by atoms with Gasteiger partial charge in [0.15, 0.2) is 0 Å². The van der Waals surface area contributed by atoms with E-state index < -0.39 is 5.66 Å². The van der Waals surface area contributed by atoms with Gasteiger partial charge in [-0.15, -0.1) is 0 Å². The number of hydrogen-bond donors (Lipinski definition) is 2. The van der Waals surface area contributed by atoms with E-state index in [-0.39, 0.29) is 0 Å². The Kier molecular flexibility index (Phi) is 4.41. The first-order valence-electron chi connectivity index (χ1n) is 7.27. The Labute approximate surface area is 111 Å². The summed E-state index contributed by atoms with van der Waals surface area (Å²) in [6.45, 7) is 2.24. The zero-order chi connectivity index (χ0) is 13.0. The van der Waals surface area contributed by atoms with Crippen LogP contribution in [-0.2, 0) is 6.42 Å². The molecule has 0 radical (unpaired) electrons. The number of unbranched alkanes of at least 4 members (excludes halogenated alkanes) is 1. The highest BCUT2D eigenvalue weighted by Crippen LogP contribution is 2.34. The minimum Gasteiger partial charge on any atom is -0.313 e. The Bertz CT molecular complexity index is 357. The van der Waals surface area contributed by atoms with Gasteiger partial charge in [-0.3, -0.25) is 0 Å². The molecule has 0 spiro atoms. The van der Waals surface area contributed by atoms with E-state index in [0.717, 1.165) is 25.7 Å². The second kappa shape index (κ2) is 5.85. The fraction of sp³-hybridized carbons (Fsp3) is 0.625. The van der Waals surface area contributed by atoms with Crippen molar-refractivity contribution in [1.82, 2.24) is 0 Å². The normalized spacial score (nSPS) is 19.9. The van der Waals surface area contributed by atoms with E-state index in [0.29, 0.717) is 5.92 Å². The quantitative estimate of drug-likeness (QED) is 0.801. The molecule has 0 heterocycles. The van der Waals surface area contributed by atoms with Gasteiger partial charge in [0.1, 0.15) is 0 Å². The predicted molar refractivity (Wildman–Crippen MR) is 77.4 cm³/mol. The van der Waals surface area contributed by atoms with Gasteiger partial charge in [0.2, 0.25) is 0 Å². The maximum absolute atomic E-state index is 5.97. The fourth-order valence-corrected chi connectivity index (χ4v) is 2.83. The first-order valence-corrected chi connectivity index (χ1v) is 7.27. The molecule has 100 valence electrons. The van der Waals surface area contributed by atoms with E-state index in [1.807, 2.05) is 0 Å². The molecule has 18 heavy (non-hydrogen) atoms. The van der Waals surface area contributed by atoms with Crippen LogP contribution in [0.2, 0.25) is 0 Å². The Morgan fingerprint density at radius 3 is 2.28 bits per heavy atom. The highest BCUT2D eigenvalue weighted by Gasteiger charge is 2.28. The van der Waals surface area contributed by atoms with Crippen LogP contribution in [0.4, 0.5) is 0 Å². The standard InChI is InChI=1S/C16H26N2/c1-2-3-4-13-5-7-14(8-6-13)15-9-11-16(17,18)12-10-15/h5-8,15H,2-4,9-12,17-18H2,1H3. The molecule has 0 amide bonds. The molecule has 2 heteroatoms. The lowest BCUT2D eigenvalue weighted by atomic mass is 9.79. The van der Waals surface area contributed by atoms with Crippen molar-refractivity contribution in [3.05, 3.63) is 35.4 Å². The molecular weight excluding hydrogens is 220 g/mol. The minimum atomic E-state index is -0.419. The molecule has 0 unspecified atom stereocenters. The number of rotatable bonds is 4. The summed E-state index contributed by atoms with van der Waals surface area (Å²) in [5.41, 5.74) is 14.5. The lowest BCUT2D eigenvalue weighted by molar-refractivity contribution is 0.281. The lowest BCUT2D eigenvalue weighted by Gasteiger charge is -2.34. The number of benzene rings is 1. The van der Waals surface area contributed by atoms with Crippen molar-refractivity contribution in [3.63, 3.8) is 0 Å². The van der Waals surface area contributed by atoms with Crippen molar-refractivity contribution < 1.29 is 0 Å². The van der Waals surface area contributed by atoms with Crippen molar-refractivity contribution in [2.24, 2.45) is 11.5 Å². The van der Waals surface area contributed by atoms with Crippen LogP contribution in [0.25, 0.3) is 0 Å². The molecule has 1 aromatic rings. The molecule has 4 N–H and O–H groups in total. The number of aryl methyl sites for hydroxylation is 1.